The third kappa shape index (κ3) is 4.84. The van der Waals surface area contributed by atoms with E-state index in [1.54, 1.807) is 19.1 Å². The number of rotatable bonds is 6. The van der Waals surface area contributed by atoms with Crippen LogP contribution in [0.4, 0.5) is 4.79 Å². The molecule has 1 saturated heterocycles. The lowest BCUT2D eigenvalue weighted by Crippen LogP contribution is -2.57. The zero-order valence-corrected chi connectivity index (χ0v) is 19.1. The van der Waals surface area contributed by atoms with E-state index in [9.17, 15) is 4.79 Å². The van der Waals surface area contributed by atoms with Gasteiger partial charge in [0.25, 0.3) is 0 Å². The normalized spacial score (nSPS) is 21.0. The number of methoxy groups -OCH3 is 3. The maximum atomic E-state index is 12.2. The first kappa shape index (κ1) is 22.4. The molecule has 0 radical (unpaired) electrons. The summed E-state index contributed by atoms with van der Waals surface area (Å²) in [4.78, 5) is 16.4. The highest BCUT2D eigenvalue weighted by atomic mass is 16.5. The third-order valence-corrected chi connectivity index (χ3v) is 6.48. The average Bonchev–Trinajstić information content (AvgIpc) is 2.86. The van der Waals surface area contributed by atoms with Gasteiger partial charge in [-0.25, -0.2) is 4.79 Å². The number of hydrogen-bond donors (Lipinski definition) is 0. The second-order valence-electron chi connectivity index (χ2n) is 8.30. The molecule has 2 aliphatic rings. The van der Waals surface area contributed by atoms with Crippen LogP contribution in [0.25, 0.3) is 0 Å². The van der Waals surface area contributed by atoms with Crippen molar-refractivity contribution in [2.24, 2.45) is 0 Å². The van der Waals surface area contributed by atoms with Crippen LogP contribution in [0.3, 0.4) is 0 Å². The summed E-state index contributed by atoms with van der Waals surface area (Å²) >= 11 is 0. The van der Waals surface area contributed by atoms with Crippen LogP contribution in [0, 0.1) is 0 Å². The number of likely N-dealkylation sites (tertiary alicyclic amines) is 1. The van der Waals surface area contributed by atoms with Crippen molar-refractivity contribution in [1.82, 2.24) is 9.80 Å². The van der Waals surface area contributed by atoms with Crippen molar-refractivity contribution in [1.29, 1.82) is 0 Å². The van der Waals surface area contributed by atoms with Crippen LogP contribution in [0.2, 0.25) is 0 Å². The topological polar surface area (TPSA) is 60.5 Å². The van der Waals surface area contributed by atoms with Gasteiger partial charge in [-0.05, 0) is 41.7 Å². The van der Waals surface area contributed by atoms with E-state index < -0.39 is 0 Å². The van der Waals surface area contributed by atoms with Crippen LogP contribution in [-0.2, 0) is 29.0 Å². The van der Waals surface area contributed by atoms with Gasteiger partial charge in [0.05, 0.1) is 40.6 Å². The average molecular weight is 441 g/mol. The number of piperidine rings is 1. The van der Waals surface area contributed by atoms with E-state index in [1.165, 1.54) is 18.2 Å². The largest absolute Gasteiger partial charge is 0.493 e. The van der Waals surface area contributed by atoms with Crippen LogP contribution in [0.15, 0.2) is 42.5 Å². The molecular formula is C25H32N2O5. The molecule has 2 aliphatic heterocycles. The molecular weight excluding hydrogens is 408 g/mol. The molecule has 0 aromatic heterocycles. The summed E-state index contributed by atoms with van der Waals surface area (Å²) < 4.78 is 22.4. The van der Waals surface area contributed by atoms with Gasteiger partial charge in [-0.1, -0.05) is 30.3 Å². The number of hydrogen-bond acceptors (Lipinski definition) is 6. The van der Waals surface area contributed by atoms with Crippen LogP contribution < -0.4 is 9.47 Å². The minimum absolute atomic E-state index is 0.0928. The molecule has 2 aromatic rings. The quantitative estimate of drug-likeness (QED) is 0.685. The lowest BCUT2D eigenvalue weighted by atomic mass is 9.93. The van der Waals surface area contributed by atoms with E-state index in [2.05, 4.69) is 29.2 Å². The lowest BCUT2D eigenvalue weighted by molar-refractivity contribution is -0.0658. The molecule has 0 aliphatic carbocycles. The fourth-order valence-corrected chi connectivity index (χ4v) is 4.75. The van der Waals surface area contributed by atoms with E-state index in [0.717, 1.165) is 43.0 Å². The highest BCUT2D eigenvalue weighted by Gasteiger charge is 2.37. The van der Waals surface area contributed by atoms with Gasteiger partial charge in [-0.15, -0.1) is 0 Å². The molecule has 0 N–H and O–H groups in total. The van der Waals surface area contributed by atoms with Gasteiger partial charge in [0.2, 0.25) is 0 Å². The molecule has 7 nitrogen and oxygen atoms in total. The number of fused-ring (bicyclic) bond motifs is 1. The molecule has 0 saturated carbocycles. The maximum Gasteiger partial charge on any atom is 0.409 e. The third-order valence-electron chi connectivity index (χ3n) is 6.48. The molecule has 0 unspecified atom stereocenters. The standard InChI is InChI=1S/C25H32N2O5/c1-29-22-13-19-9-11-26(15-20(19)14-23(22)30-2)21-10-12-27(25(28)31-3)16-24(21)32-17-18-7-5-4-6-8-18/h4-8,13-14,21,24H,9-12,15-17H2,1-3H3/t21-,24-/m1/s1. The first-order chi connectivity index (χ1) is 15.6. The summed E-state index contributed by atoms with van der Waals surface area (Å²) in [5.74, 6) is 1.53. The Hall–Kier alpha value is -2.77. The summed E-state index contributed by atoms with van der Waals surface area (Å²) in [6.07, 6.45) is 1.40. The Morgan fingerprint density at radius 2 is 1.72 bits per heavy atom. The van der Waals surface area contributed by atoms with Gasteiger partial charge in [-0.3, -0.25) is 4.90 Å². The monoisotopic (exact) mass is 440 g/mol. The Kier molecular flexibility index (Phi) is 7.17. The molecule has 2 aromatic carbocycles. The minimum Gasteiger partial charge on any atom is -0.493 e. The summed E-state index contributed by atoms with van der Waals surface area (Å²) in [7, 11) is 4.77. The van der Waals surface area contributed by atoms with Crippen molar-refractivity contribution >= 4 is 6.09 Å². The fraction of sp³-hybridized carbons (Fsp3) is 0.480. The summed E-state index contributed by atoms with van der Waals surface area (Å²) in [6.45, 7) is 3.48. The molecule has 4 rings (SSSR count). The van der Waals surface area contributed by atoms with E-state index in [0.29, 0.717) is 19.7 Å². The smallest absolute Gasteiger partial charge is 0.409 e. The molecule has 0 bridgehead atoms. The second-order valence-corrected chi connectivity index (χ2v) is 8.30. The Bertz CT molecular complexity index is 920. The molecule has 1 amide bonds. The van der Waals surface area contributed by atoms with Gasteiger partial charge in [0.15, 0.2) is 11.5 Å². The molecule has 2 heterocycles. The number of benzene rings is 2. The first-order valence-electron chi connectivity index (χ1n) is 11.1. The van der Waals surface area contributed by atoms with E-state index in [4.69, 9.17) is 18.9 Å². The highest BCUT2D eigenvalue weighted by Crippen LogP contribution is 2.35. The van der Waals surface area contributed by atoms with Crippen molar-refractivity contribution < 1.29 is 23.7 Å². The van der Waals surface area contributed by atoms with E-state index in [-0.39, 0.29) is 18.2 Å². The summed E-state index contributed by atoms with van der Waals surface area (Å²) in [5, 5.41) is 0. The summed E-state index contributed by atoms with van der Waals surface area (Å²) in [5.41, 5.74) is 3.68. The predicted octanol–water partition coefficient (Wildman–Crippen LogP) is 3.49. The number of amides is 1. The van der Waals surface area contributed by atoms with E-state index in [1.807, 2.05) is 18.2 Å². The number of ether oxygens (including phenoxy) is 4. The van der Waals surface area contributed by atoms with Crippen molar-refractivity contribution in [2.45, 2.75) is 38.1 Å². The second kappa shape index (κ2) is 10.2. The van der Waals surface area contributed by atoms with Crippen LogP contribution in [0.5, 0.6) is 11.5 Å². The number of nitrogens with zero attached hydrogens (tertiary/aromatic N) is 2. The Labute approximate surface area is 189 Å². The zero-order valence-electron chi connectivity index (χ0n) is 19.1. The highest BCUT2D eigenvalue weighted by molar-refractivity contribution is 5.67. The lowest BCUT2D eigenvalue weighted by Gasteiger charge is -2.44. The molecule has 0 spiro atoms. The van der Waals surface area contributed by atoms with Gasteiger partial charge < -0.3 is 23.8 Å². The Morgan fingerprint density at radius 3 is 2.41 bits per heavy atom. The van der Waals surface area contributed by atoms with Gasteiger partial charge >= 0.3 is 6.09 Å². The molecule has 172 valence electrons. The van der Waals surface area contributed by atoms with Gasteiger partial charge in [0, 0.05) is 25.7 Å². The number of carbonyl (C=O) groups excluding carboxylic acids is 1. The Morgan fingerprint density at radius 1 is 1.00 bits per heavy atom. The van der Waals surface area contributed by atoms with Crippen LogP contribution in [0.1, 0.15) is 23.1 Å². The molecule has 7 heteroatoms. The first-order valence-corrected chi connectivity index (χ1v) is 11.1. The SMILES string of the molecule is COC(=O)N1CC[C@@H](N2CCc3cc(OC)c(OC)cc3C2)[C@H](OCc2ccccc2)C1. The van der Waals surface area contributed by atoms with Crippen molar-refractivity contribution in [3.05, 3.63) is 59.2 Å². The van der Waals surface area contributed by atoms with Gasteiger partial charge in [0.1, 0.15) is 0 Å². The molecule has 2 atom stereocenters. The maximum absolute atomic E-state index is 12.2. The Balaban J connectivity index is 1.51. The summed E-state index contributed by atoms with van der Waals surface area (Å²) in [6, 6.07) is 14.6. The van der Waals surface area contributed by atoms with Crippen molar-refractivity contribution in [2.75, 3.05) is 41.0 Å². The number of carbonyl (C=O) groups is 1. The van der Waals surface area contributed by atoms with E-state index >= 15 is 0 Å². The van der Waals surface area contributed by atoms with Crippen molar-refractivity contribution in [3.63, 3.8) is 0 Å². The van der Waals surface area contributed by atoms with Crippen molar-refractivity contribution in [3.8, 4) is 11.5 Å². The fourth-order valence-electron chi connectivity index (χ4n) is 4.75. The minimum atomic E-state index is -0.294. The molecule has 1 fully saturated rings. The van der Waals surface area contributed by atoms with Gasteiger partial charge in [-0.2, -0.15) is 0 Å². The van der Waals surface area contributed by atoms with Crippen LogP contribution in [-0.4, -0.2) is 69.0 Å². The zero-order chi connectivity index (χ0) is 22.5. The van der Waals surface area contributed by atoms with Crippen LogP contribution >= 0.6 is 0 Å². The predicted molar refractivity (Wildman–Crippen MR) is 121 cm³/mol. The molecule has 32 heavy (non-hydrogen) atoms.